The van der Waals surface area contributed by atoms with Gasteiger partial charge in [0.1, 0.15) is 0 Å². The number of hydrogen-bond donors (Lipinski definition) is 2. The van der Waals surface area contributed by atoms with E-state index in [1.807, 2.05) is 37.5 Å². The van der Waals surface area contributed by atoms with Gasteiger partial charge >= 0.3 is 0 Å². The van der Waals surface area contributed by atoms with Gasteiger partial charge in [0.05, 0.1) is 19.6 Å². The van der Waals surface area contributed by atoms with Crippen LogP contribution in [0, 0.1) is 0 Å². The van der Waals surface area contributed by atoms with Crippen LogP contribution in [-0.2, 0) is 25.3 Å². The fourth-order valence-corrected chi connectivity index (χ4v) is 2.75. The molecule has 0 saturated heterocycles. The van der Waals surface area contributed by atoms with Crippen molar-refractivity contribution >= 4 is 58.3 Å². The second kappa shape index (κ2) is 23.1. The van der Waals surface area contributed by atoms with Gasteiger partial charge < -0.3 is 70.5 Å². The van der Waals surface area contributed by atoms with Crippen LogP contribution in [0.4, 0.5) is 0 Å². The van der Waals surface area contributed by atoms with E-state index in [9.17, 15) is 0 Å². The van der Waals surface area contributed by atoms with E-state index in [0.717, 1.165) is 26.2 Å². The Hall–Kier alpha value is 0.140. The minimum atomic E-state index is 0. The maximum atomic E-state index is 4.76. The van der Waals surface area contributed by atoms with Gasteiger partial charge in [0.25, 0.3) is 0 Å². The van der Waals surface area contributed by atoms with E-state index in [2.05, 4.69) is 20.8 Å². The summed E-state index contributed by atoms with van der Waals surface area (Å²) in [7, 11) is 0. The van der Waals surface area contributed by atoms with Crippen molar-refractivity contribution in [1.29, 1.82) is 0 Å². The number of nitrogens with zero attached hydrogens (tertiary/aromatic N) is 2. The van der Waals surface area contributed by atoms with Crippen molar-refractivity contribution in [3.8, 4) is 0 Å². The molecule has 0 bridgehead atoms. The van der Waals surface area contributed by atoms with Crippen LogP contribution in [0.3, 0.4) is 0 Å². The molecule has 8 heteroatoms. The summed E-state index contributed by atoms with van der Waals surface area (Å²) in [4.78, 5) is 5.61. The average Bonchev–Trinajstić information content (AvgIpc) is 2.52. The second-order valence-electron chi connectivity index (χ2n) is 4.69. The predicted octanol–water partition coefficient (Wildman–Crippen LogP) is 2.63. The van der Waals surface area contributed by atoms with Crippen LogP contribution < -0.4 is 11.1 Å². The molecule has 0 heterocycles. The average molecular weight is 417 g/mol. The molecule has 5 N–H and O–H groups in total. The molecule has 0 aliphatic heterocycles. The molecule has 24 heavy (non-hydrogen) atoms. The van der Waals surface area contributed by atoms with E-state index in [1.165, 1.54) is 19.6 Å². The third-order valence-corrected chi connectivity index (χ3v) is 4.58. The van der Waals surface area contributed by atoms with E-state index < -0.39 is 0 Å². The lowest BCUT2D eigenvalue weighted by Gasteiger charge is -2.24. The highest BCUT2D eigenvalue weighted by molar-refractivity contribution is 8.00. The second-order valence-corrected chi connectivity index (χ2v) is 6.75. The number of quaternary nitrogens is 2. The maximum absolute atomic E-state index is 4.76. The van der Waals surface area contributed by atoms with Gasteiger partial charge in [-0.1, -0.05) is 8.64 Å². The molecule has 0 aromatic heterocycles. The Kier molecular flexibility index (Phi) is 30.7. The summed E-state index contributed by atoms with van der Waals surface area (Å²) >= 11 is 19.0. The predicted molar refractivity (Wildman–Crippen MR) is 124 cm³/mol. The van der Waals surface area contributed by atoms with Crippen molar-refractivity contribution in [1.82, 2.24) is 16.0 Å². The monoisotopic (exact) mass is 416 g/mol. The van der Waals surface area contributed by atoms with Gasteiger partial charge in [-0.25, -0.2) is 0 Å². The van der Waals surface area contributed by atoms with Gasteiger partial charge in [-0.3, -0.25) is 0 Å². The SMILES string of the molecule is CCN(CC)C(=S)[S-].CCN(CC)C(=S)[S-].CC[NH+](CC)CC.[NH4+]. The van der Waals surface area contributed by atoms with Crippen molar-refractivity contribution in [2.45, 2.75) is 48.5 Å². The third-order valence-electron chi connectivity index (χ3n) is 3.54. The summed E-state index contributed by atoms with van der Waals surface area (Å²) in [6.07, 6.45) is 0. The molecule has 0 fully saturated rings. The molecular weight excluding hydrogens is 376 g/mol. The zero-order valence-corrected chi connectivity index (χ0v) is 20.2. The summed E-state index contributed by atoms with van der Waals surface area (Å²) in [5.74, 6) is 0. The molecule has 0 spiro atoms. The normalized spacial score (nSPS) is 8.83. The Morgan fingerprint density at radius 3 is 0.875 bits per heavy atom. The fraction of sp³-hybridized carbons (Fsp3) is 0.875. The molecule has 0 amide bonds. The molecular formula is C16H40N4S4. The fourth-order valence-electron chi connectivity index (χ4n) is 1.71. The highest BCUT2D eigenvalue weighted by Gasteiger charge is 1.93. The Labute approximate surface area is 173 Å². The minimum absolute atomic E-state index is 0. The van der Waals surface area contributed by atoms with E-state index in [-0.39, 0.29) is 6.15 Å². The maximum Gasteiger partial charge on any atom is 0.0742 e. The van der Waals surface area contributed by atoms with Gasteiger partial charge in [-0.05, 0) is 48.5 Å². The lowest BCUT2D eigenvalue weighted by molar-refractivity contribution is -0.894. The molecule has 0 aliphatic rings. The van der Waals surface area contributed by atoms with E-state index in [4.69, 9.17) is 49.7 Å². The zero-order valence-electron chi connectivity index (χ0n) is 17.0. The van der Waals surface area contributed by atoms with Crippen molar-refractivity contribution < 1.29 is 4.90 Å². The van der Waals surface area contributed by atoms with Gasteiger partial charge in [-0.15, -0.1) is 0 Å². The van der Waals surface area contributed by atoms with Crippen molar-refractivity contribution in [3.05, 3.63) is 0 Å². The number of rotatable bonds is 7. The summed E-state index contributed by atoms with van der Waals surface area (Å²) in [5.41, 5.74) is 0. The molecule has 0 rings (SSSR count). The lowest BCUT2D eigenvalue weighted by atomic mass is 10.5. The molecule has 0 atom stereocenters. The first-order valence-electron chi connectivity index (χ1n) is 8.54. The van der Waals surface area contributed by atoms with Crippen LogP contribution in [0.1, 0.15) is 48.5 Å². The highest BCUT2D eigenvalue weighted by Crippen LogP contribution is 1.88. The Morgan fingerprint density at radius 2 is 0.875 bits per heavy atom. The van der Waals surface area contributed by atoms with Crippen LogP contribution in [0.25, 0.3) is 0 Å². The van der Waals surface area contributed by atoms with E-state index >= 15 is 0 Å². The molecule has 0 aliphatic carbocycles. The summed E-state index contributed by atoms with van der Waals surface area (Å²) in [5, 5.41) is 0. The smallest absolute Gasteiger partial charge is 0.0742 e. The summed E-state index contributed by atoms with van der Waals surface area (Å²) in [6, 6.07) is 0. The first-order valence-corrected chi connectivity index (χ1v) is 10.2. The van der Waals surface area contributed by atoms with Gasteiger partial charge in [0.2, 0.25) is 0 Å². The van der Waals surface area contributed by atoms with Crippen LogP contribution >= 0.6 is 24.4 Å². The Morgan fingerprint density at radius 1 is 0.667 bits per heavy atom. The summed E-state index contributed by atoms with van der Waals surface area (Å²) < 4.78 is 1.16. The molecule has 4 nitrogen and oxygen atoms in total. The molecule has 0 aromatic carbocycles. The molecule has 0 aromatic rings. The minimum Gasteiger partial charge on any atom is -0.411 e. The number of hydrogen-bond acceptors (Lipinski definition) is 4. The van der Waals surface area contributed by atoms with Crippen LogP contribution in [-0.4, -0.2) is 64.3 Å². The van der Waals surface area contributed by atoms with Crippen LogP contribution in [0.2, 0.25) is 0 Å². The quantitative estimate of drug-likeness (QED) is 0.491. The summed E-state index contributed by atoms with van der Waals surface area (Å²) in [6.45, 7) is 22.4. The first-order chi connectivity index (χ1) is 10.8. The standard InChI is InChI=1S/C6H15N.2C5H11NS2.H3N/c1-4-7(5-2)6-3;2*1-3-6(4-2)5(7)8;/h4-6H2,1-3H3;2*3-4H2,1-2H3,(H,7,8);1H3. The lowest BCUT2D eigenvalue weighted by Crippen LogP contribution is -3.11. The number of thiocarbonyl (C=S) groups is 2. The highest BCUT2D eigenvalue weighted by atomic mass is 32.1. The zero-order chi connectivity index (χ0) is 18.8. The third kappa shape index (κ3) is 20.2. The van der Waals surface area contributed by atoms with Gasteiger partial charge in [0.15, 0.2) is 0 Å². The van der Waals surface area contributed by atoms with Crippen molar-refractivity contribution in [2.75, 3.05) is 45.8 Å². The molecule has 0 unspecified atom stereocenters. The van der Waals surface area contributed by atoms with E-state index in [0.29, 0.717) is 8.64 Å². The van der Waals surface area contributed by atoms with Crippen molar-refractivity contribution in [2.24, 2.45) is 0 Å². The molecule has 0 saturated carbocycles. The topological polar surface area (TPSA) is 47.4 Å². The molecule has 148 valence electrons. The number of nitrogens with one attached hydrogen (secondary N) is 1. The van der Waals surface area contributed by atoms with Crippen molar-refractivity contribution in [3.63, 3.8) is 0 Å². The Balaban J connectivity index is -0.000000123. The van der Waals surface area contributed by atoms with Gasteiger partial charge in [-0.2, -0.15) is 0 Å². The van der Waals surface area contributed by atoms with Gasteiger partial charge in [0, 0.05) is 26.2 Å². The van der Waals surface area contributed by atoms with Crippen LogP contribution in [0.5, 0.6) is 0 Å². The largest absolute Gasteiger partial charge is 0.411 e. The molecule has 0 radical (unpaired) electrons. The Bertz CT molecular complexity index is 252. The van der Waals surface area contributed by atoms with E-state index in [1.54, 1.807) is 4.90 Å². The first kappa shape index (κ1) is 31.9. The van der Waals surface area contributed by atoms with Crippen LogP contribution in [0.15, 0.2) is 0 Å².